The molecule has 2 nitrogen and oxygen atoms in total. The Bertz CT molecular complexity index is 194. The van der Waals surface area contributed by atoms with Crippen LogP contribution < -0.4 is 0 Å². The van der Waals surface area contributed by atoms with E-state index in [0.29, 0.717) is 6.42 Å². The zero-order valence-electron chi connectivity index (χ0n) is 8.34. The molecule has 0 atom stereocenters. The van der Waals surface area contributed by atoms with Gasteiger partial charge in [0.15, 0.2) is 5.78 Å². The van der Waals surface area contributed by atoms with Crippen LogP contribution in [0, 0.1) is 0 Å². The molecule has 1 aliphatic carbocycles. The van der Waals surface area contributed by atoms with Crippen LogP contribution in [0.25, 0.3) is 0 Å². The Kier molecular flexibility index (Phi) is 4.58. The van der Waals surface area contributed by atoms with Gasteiger partial charge in [0.1, 0.15) is 0 Å². The van der Waals surface area contributed by atoms with Crippen LogP contribution in [-0.4, -0.2) is 12.4 Å². The van der Waals surface area contributed by atoms with E-state index in [2.05, 4.69) is 6.92 Å². The fraction of sp³-hybridized carbons (Fsp3) is 0.727. The van der Waals surface area contributed by atoms with Gasteiger partial charge in [-0.25, -0.2) is 0 Å². The largest absolute Gasteiger partial charge is 0.498 e. The van der Waals surface area contributed by atoms with Gasteiger partial charge >= 0.3 is 0 Å². The van der Waals surface area contributed by atoms with Gasteiger partial charge in [-0.3, -0.25) is 4.79 Å². The van der Waals surface area contributed by atoms with Crippen LogP contribution in [0.2, 0.25) is 0 Å². The Morgan fingerprint density at radius 1 is 1.38 bits per heavy atom. The molecule has 74 valence electrons. The zero-order chi connectivity index (χ0) is 9.52. The number of hydrogen-bond donors (Lipinski definition) is 0. The maximum atomic E-state index is 11.0. The molecule has 2 heteroatoms. The fourth-order valence-electron chi connectivity index (χ4n) is 1.43. The molecule has 0 N–H and O–H groups in total. The molecule has 0 aromatic rings. The molecule has 0 fully saturated rings. The summed E-state index contributed by atoms with van der Waals surface area (Å²) < 4.78 is 5.50. The van der Waals surface area contributed by atoms with Crippen LogP contribution in [0.5, 0.6) is 0 Å². The first kappa shape index (κ1) is 10.3. The molecule has 0 bridgehead atoms. The molecule has 1 aliphatic rings. The second-order valence-corrected chi connectivity index (χ2v) is 3.49. The van der Waals surface area contributed by atoms with Crippen LogP contribution in [0.4, 0.5) is 0 Å². The third kappa shape index (κ3) is 4.11. The second kappa shape index (κ2) is 5.79. The highest BCUT2D eigenvalue weighted by atomic mass is 16.5. The number of hydrogen-bond acceptors (Lipinski definition) is 2. The molecule has 0 saturated carbocycles. The molecule has 13 heavy (non-hydrogen) atoms. The molecule has 1 rings (SSSR count). The quantitative estimate of drug-likeness (QED) is 0.611. The highest BCUT2D eigenvalue weighted by molar-refractivity contribution is 5.90. The van der Waals surface area contributed by atoms with Crippen LogP contribution in [0.1, 0.15) is 45.4 Å². The molecular formula is C11H18O2. The summed E-state index contributed by atoms with van der Waals surface area (Å²) in [4.78, 5) is 11.0. The first-order chi connectivity index (χ1) is 6.33. The monoisotopic (exact) mass is 182 g/mol. The van der Waals surface area contributed by atoms with Gasteiger partial charge in [0, 0.05) is 18.9 Å². The molecule has 0 heterocycles. The summed E-state index contributed by atoms with van der Waals surface area (Å²) in [5.74, 6) is 1.11. The number of carbonyl (C=O) groups is 1. The number of carbonyl (C=O) groups excluding carboxylic acids is 1. The molecule has 0 aromatic heterocycles. The molecule has 0 amide bonds. The predicted molar refractivity (Wildman–Crippen MR) is 52.4 cm³/mol. The van der Waals surface area contributed by atoms with E-state index in [1.165, 1.54) is 12.8 Å². The SMILES string of the molecule is CCCCCOC1=CC(=O)CCC1. The zero-order valence-corrected chi connectivity index (χ0v) is 8.34. The minimum Gasteiger partial charge on any atom is -0.498 e. The van der Waals surface area contributed by atoms with Gasteiger partial charge < -0.3 is 4.74 Å². The van der Waals surface area contributed by atoms with Crippen LogP contribution >= 0.6 is 0 Å². The Morgan fingerprint density at radius 3 is 2.92 bits per heavy atom. The van der Waals surface area contributed by atoms with E-state index < -0.39 is 0 Å². The molecule has 0 spiro atoms. The Balaban J connectivity index is 2.16. The molecule has 0 aliphatic heterocycles. The topological polar surface area (TPSA) is 26.3 Å². The number of rotatable bonds is 5. The van der Waals surface area contributed by atoms with E-state index >= 15 is 0 Å². The van der Waals surface area contributed by atoms with Gasteiger partial charge in [-0.1, -0.05) is 19.8 Å². The molecule has 0 unspecified atom stereocenters. The average Bonchev–Trinajstić information content (AvgIpc) is 2.13. The van der Waals surface area contributed by atoms with Crippen molar-refractivity contribution in [3.63, 3.8) is 0 Å². The van der Waals surface area contributed by atoms with Crippen molar-refractivity contribution in [3.8, 4) is 0 Å². The first-order valence-corrected chi connectivity index (χ1v) is 5.19. The van der Waals surface area contributed by atoms with E-state index in [9.17, 15) is 4.79 Å². The summed E-state index contributed by atoms with van der Waals surface area (Å²) in [6, 6.07) is 0. The maximum Gasteiger partial charge on any atom is 0.159 e. The number of allylic oxidation sites excluding steroid dienone is 2. The number of ketones is 1. The van der Waals surface area contributed by atoms with E-state index in [4.69, 9.17) is 4.74 Å². The smallest absolute Gasteiger partial charge is 0.159 e. The van der Waals surface area contributed by atoms with Crippen molar-refractivity contribution in [1.82, 2.24) is 0 Å². The van der Waals surface area contributed by atoms with Gasteiger partial charge in [-0.15, -0.1) is 0 Å². The van der Waals surface area contributed by atoms with Gasteiger partial charge in [0.2, 0.25) is 0 Å². The van der Waals surface area contributed by atoms with Crippen molar-refractivity contribution in [1.29, 1.82) is 0 Å². The first-order valence-electron chi connectivity index (χ1n) is 5.19. The van der Waals surface area contributed by atoms with Crippen molar-refractivity contribution in [2.24, 2.45) is 0 Å². The summed E-state index contributed by atoms with van der Waals surface area (Å²) >= 11 is 0. The molecule has 0 saturated heterocycles. The van der Waals surface area contributed by atoms with Crippen molar-refractivity contribution in [2.75, 3.05) is 6.61 Å². The van der Waals surface area contributed by atoms with E-state index in [1.807, 2.05) is 0 Å². The fourth-order valence-corrected chi connectivity index (χ4v) is 1.43. The third-order valence-electron chi connectivity index (χ3n) is 2.20. The lowest BCUT2D eigenvalue weighted by Crippen LogP contribution is -2.05. The van der Waals surface area contributed by atoms with Gasteiger partial charge in [0.05, 0.1) is 12.4 Å². The lowest BCUT2D eigenvalue weighted by atomic mass is 10.1. The summed E-state index contributed by atoms with van der Waals surface area (Å²) in [5.41, 5.74) is 0. The predicted octanol–water partition coefficient (Wildman–Crippen LogP) is 2.83. The third-order valence-corrected chi connectivity index (χ3v) is 2.20. The highest BCUT2D eigenvalue weighted by Crippen LogP contribution is 2.16. The van der Waals surface area contributed by atoms with Gasteiger partial charge in [0.25, 0.3) is 0 Å². The molecular weight excluding hydrogens is 164 g/mol. The summed E-state index contributed by atoms with van der Waals surface area (Å²) in [7, 11) is 0. The minimum atomic E-state index is 0.219. The van der Waals surface area contributed by atoms with Crippen LogP contribution in [-0.2, 0) is 9.53 Å². The van der Waals surface area contributed by atoms with E-state index in [0.717, 1.165) is 31.6 Å². The van der Waals surface area contributed by atoms with Gasteiger partial charge in [-0.05, 0) is 12.8 Å². The van der Waals surface area contributed by atoms with Crippen molar-refractivity contribution >= 4 is 5.78 Å². The maximum absolute atomic E-state index is 11.0. The normalized spacial score (nSPS) is 17.0. The van der Waals surface area contributed by atoms with E-state index in [1.54, 1.807) is 6.08 Å². The summed E-state index contributed by atoms with van der Waals surface area (Å²) in [5, 5.41) is 0. The van der Waals surface area contributed by atoms with Crippen molar-refractivity contribution in [2.45, 2.75) is 45.4 Å². The van der Waals surface area contributed by atoms with Crippen LogP contribution in [0.15, 0.2) is 11.8 Å². The highest BCUT2D eigenvalue weighted by Gasteiger charge is 2.10. The molecule has 0 aromatic carbocycles. The average molecular weight is 182 g/mol. The standard InChI is InChI=1S/C11H18O2/c1-2-3-4-8-13-11-7-5-6-10(12)9-11/h9H,2-8H2,1H3. The number of unbranched alkanes of at least 4 members (excludes halogenated alkanes) is 2. The van der Waals surface area contributed by atoms with Crippen LogP contribution in [0.3, 0.4) is 0 Å². The minimum absolute atomic E-state index is 0.219. The van der Waals surface area contributed by atoms with Crippen molar-refractivity contribution in [3.05, 3.63) is 11.8 Å². The Labute approximate surface area is 80.0 Å². The Morgan fingerprint density at radius 2 is 2.23 bits per heavy atom. The van der Waals surface area contributed by atoms with E-state index in [-0.39, 0.29) is 5.78 Å². The summed E-state index contributed by atoms with van der Waals surface area (Å²) in [6.07, 6.45) is 7.78. The van der Waals surface area contributed by atoms with Gasteiger partial charge in [-0.2, -0.15) is 0 Å². The van der Waals surface area contributed by atoms with Crippen molar-refractivity contribution < 1.29 is 9.53 Å². The Hall–Kier alpha value is -0.790. The summed E-state index contributed by atoms with van der Waals surface area (Å²) in [6.45, 7) is 2.94. The number of ether oxygens (including phenoxy) is 1. The second-order valence-electron chi connectivity index (χ2n) is 3.49. The molecule has 0 radical (unpaired) electrons. The lowest BCUT2D eigenvalue weighted by Gasteiger charge is -2.13. The lowest BCUT2D eigenvalue weighted by molar-refractivity contribution is -0.115.